The summed E-state index contributed by atoms with van der Waals surface area (Å²) >= 11 is 3.38. The molecule has 0 fully saturated rings. The molecule has 2 atom stereocenters. The van der Waals surface area contributed by atoms with Crippen LogP contribution in [0.1, 0.15) is 24.0 Å². The van der Waals surface area contributed by atoms with Crippen molar-refractivity contribution in [2.75, 3.05) is 0 Å². The molecule has 1 N–H and O–H groups in total. The maximum absolute atomic E-state index is 13.5. The van der Waals surface area contributed by atoms with Crippen LogP contribution < -0.4 is 0 Å². The summed E-state index contributed by atoms with van der Waals surface area (Å²) in [6.07, 6.45) is 0. The molecule has 5 heteroatoms. The first-order valence-corrected chi connectivity index (χ1v) is 7.26. The smallest absolute Gasteiger partial charge is 0.244 e. The van der Waals surface area contributed by atoms with E-state index in [-0.39, 0.29) is 5.82 Å². The topological polar surface area (TPSA) is 41.8 Å². The van der Waals surface area contributed by atoms with E-state index in [1.807, 2.05) is 24.3 Å². The molecule has 1 aliphatic rings. The minimum Gasteiger partial charge on any atom is -0.359 e. The molecule has 2 aromatic rings. The molecule has 1 aliphatic heterocycles. The van der Waals surface area contributed by atoms with Gasteiger partial charge in [0.25, 0.3) is 0 Å². The summed E-state index contributed by atoms with van der Waals surface area (Å²) in [5, 5.41) is 14.4. The zero-order valence-electron chi connectivity index (χ0n) is 11.3. The lowest BCUT2D eigenvalue weighted by atomic mass is 9.84. The summed E-state index contributed by atoms with van der Waals surface area (Å²) < 4.78 is 14.4. The Balaban J connectivity index is 2.06. The van der Waals surface area contributed by atoms with Gasteiger partial charge in [0.05, 0.1) is 5.92 Å². The summed E-state index contributed by atoms with van der Waals surface area (Å²) in [7, 11) is 0. The number of halogens is 2. The van der Waals surface area contributed by atoms with Crippen LogP contribution in [0.2, 0.25) is 0 Å². The zero-order chi connectivity index (χ0) is 15.0. The zero-order valence-corrected chi connectivity index (χ0v) is 12.8. The second kappa shape index (κ2) is 5.24. The van der Waals surface area contributed by atoms with Crippen LogP contribution in [0.4, 0.5) is 4.39 Å². The minimum atomic E-state index is -1.50. The highest BCUT2D eigenvalue weighted by Crippen LogP contribution is 2.38. The fourth-order valence-corrected chi connectivity index (χ4v) is 2.76. The average molecular weight is 350 g/mol. The van der Waals surface area contributed by atoms with Crippen molar-refractivity contribution in [1.29, 1.82) is 0 Å². The molecule has 3 rings (SSSR count). The first kappa shape index (κ1) is 14.2. The number of aliphatic hydroxyl groups is 1. The number of benzene rings is 2. The van der Waals surface area contributed by atoms with Crippen molar-refractivity contribution in [3.8, 4) is 0 Å². The Bertz CT molecular complexity index is 698. The van der Waals surface area contributed by atoms with E-state index < -0.39 is 11.7 Å². The highest BCUT2D eigenvalue weighted by Gasteiger charge is 2.45. The first-order chi connectivity index (χ1) is 9.97. The molecule has 3 nitrogen and oxygen atoms in total. The van der Waals surface area contributed by atoms with Crippen LogP contribution in [0.3, 0.4) is 0 Å². The lowest BCUT2D eigenvalue weighted by Crippen LogP contribution is -2.34. The van der Waals surface area contributed by atoms with E-state index in [1.54, 1.807) is 12.1 Å². The Hall–Kier alpha value is -1.72. The molecule has 0 spiro atoms. The Morgan fingerprint density at radius 2 is 1.95 bits per heavy atom. The van der Waals surface area contributed by atoms with Gasteiger partial charge in [0.1, 0.15) is 11.5 Å². The average Bonchev–Trinajstić information content (AvgIpc) is 2.75. The van der Waals surface area contributed by atoms with Gasteiger partial charge in [-0.05, 0) is 29.8 Å². The first-order valence-electron chi connectivity index (χ1n) is 6.47. The highest BCUT2D eigenvalue weighted by molar-refractivity contribution is 9.10. The normalized spacial score (nSPS) is 24.6. The SMILES string of the molecule is CC1(O)ON=C(c2ccc(Br)cc2)C1c1cccc(F)c1. The van der Waals surface area contributed by atoms with Gasteiger partial charge < -0.3 is 9.94 Å². The van der Waals surface area contributed by atoms with Crippen LogP contribution in [0.25, 0.3) is 0 Å². The van der Waals surface area contributed by atoms with Gasteiger partial charge in [-0.2, -0.15) is 0 Å². The van der Waals surface area contributed by atoms with Crippen molar-refractivity contribution in [1.82, 2.24) is 0 Å². The van der Waals surface area contributed by atoms with E-state index in [0.717, 1.165) is 10.0 Å². The van der Waals surface area contributed by atoms with Gasteiger partial charge in [0.15, 0.2) is 0 Å². The lowest BCUT2D eigenvalue weighted by Gasteiger charge is -2.24. The van der Waals surface area contributed by atoms with E-state index in [2.05, 4.69) is 21.1 Å². The van der Waals surface area contributed by atoms with E-state index in [1.165, 1.54) is 19.1 Å². The van der Waals surface area contributed by atoms with Crippen LogP contribution in [0, 0.1) is 5.82 Å². The molecule has 0 bridgehead atoms. The van der Waals surface area contributed by atoms with E-state index in [4.69, 9.17) is 4.84 Å². The maximum Gasteiger partial charge on any atom is 0.244 e. The molecular weight excluding hydrogens is 337 g/mol. The summed E-state index contributed by atoms with van der Waals surface area (Å²) in [5.74, 6) is -2.41. The molecule has 0 amide bonds. The van der Waals surface area contributed by atoms with Gasteiger partial charge in [0, 0.05) is 17.0 Å². The molecule has 21 heavy (non-hydrogen) atoms. The van der Waals surface area contributed by atoms with Gasteiger partial charge in [-0.1, -0.05) is 45.4 Å². The number of oxime groups is 1. The lowest BCUT2D eigenvalue weighted by molar-refractivity contribution is -0.179. The third kappa shape index (κ3) is 2.71. The molecule has 2 aromatic carbocycles. The second-order valence-corrected chi connectivity index (χ2v) is 6.03. The van der Waals surface area contributed by atoms with Gasteiger partial charge in [0.2, 0.25) is 5.79 Å². The van der Waals surface area contributed by atoms with Crippen molar-refractivity contribution >= 4 is 21.6 Å². The monoisotopic (exact) mass is 349 g/mol. The Morgan fingerprint density at radius 3 is 2.62 bits per heavy atom. The van der Waals surface area contributed by atoms with Crippen molar-refractivity contribution in [2.24, 2.45) is 5.16 Å². The molecule has 1 heterocycles. The third-order valence-electron chi connectivity index (χ3n) is 3.46. The quantitative estimate of drug-likeness (QED) is 0.895. The highest BCUT2D eigenvalue weighted by atomic mass is 79.9. The van der Waals surface area contributed by atoms with E-state index in [0.29, 0.717) is 11.3 Å². The Kier molecular flexibility index (Phi) is 3.55. The molecule has 0 aromatic heterocycles. The summed E-state index contributed by atoms with van der Waals surface area (Å²) in [4.78, 5) is 5.15. The fourth-order valence-electron chi connectivity index (χ4n) is 2.49. The second-order valence-electron chi connectivity index (χ2n) is 5.12. The molecule has 0 saturated heterocycles. The van der Waals surface area contributed by atoms with Gasteiger partial charge in [-0.25, -0.2) is 4.39 Å². The van der Waals surface area contributed by atoms with Crippen molar-refractivity contribution < 1.29 is 14.3 Å². The molecule has 0 aliphatic carbocycles. The van der Waals surface area contributed by atoms with Crippen LogP contribution in [-0.2, 0) is 4.84 Å². The minimum absolute atomic E-state index is 0.356. The van der Waals surface area contributed by atoms with Crippen molar-refractivity contribution in [3.05, 3.63) is 69.9 Å². The summed E-state index contributed by atoms with van der Waals surface area (Å²) in [6.45, 7) is 1.53. The molecule has 0 saturated carbocycles. The van der Waals surface area contributed by atoms with Crippen LogP contribution >= 0.6 is 15.9 Å². The van der Waals surface area contributed by atoms with Gasteiger partial charge >= 0.3 is 0 Å². The predicted molar refractivity (Wildman–Crippen MR) is 81.5 cm³/mol. The molecule has 2 unspecified atom stereocenters. The third-order valence-corrected chi connectivity index (χ3v) is 3.99. The Morgan fingerprint density at radius 1 is 1.24 bits per heavy atom. The van der Waals surface area contributed by atoms with Gasteiger partial charge in [-0.15, -0.1) is 0 Å². The van der Waals surface area contributed by atoms with Crippen LogP contribution in [-0.4, -0.2) is 16.6 Å². The predicted octanol–water partition coefficient (Wildman–Crippen LogP) is 3.81. The van der Waals surface area contributed by atoms with E-state index >= 15 is 0 Å². The largest absolute Gasteiger partial charge is 0.359 e. The Labute approximate surface area is 130 Å². The van der Waals surface area contributed by atoms with Crippen molar-refractivity contribution in [2.45, 2.75) is 18.6 Å². The van der Waals surface area contributed by atoms with Gasteiger partial charge in [-0.3, -0.25) is 0 Å². The molecule has 0 radical (unpaired) electrons. The summed E-state index contributed by atoms with van der Waals surface area (Å²) in [5.41, 5.74) is 2.03. The number of hydrogen-bond acceptors (Lipinski definition) is 3. The van der Waals surface area contributed by atoms with E-state index in [9.17, 15) is 9.50 Å². The van der Waals surface area contributed by atoms with Crippen LogP contribution in [0.5, 0.6) is 0 Å². The maximum atomic E-state index is 13.5. The number of nitrogens with zero attached hydrogens (tertiary/aromatic N) is 1. The number of hydrogen-bond donors (Lipinski definition) is 1. The fraction of sp³-hybridized carbons (Fsp3) is 0.188. The molecular formula is C16H13BrFNO2. The molecule has 108 valence electrons. The van der Waals surface area contributed by atoms with Crippen LogP contribution in [0.15, 0.2) is 58.2 Å². The number of rotatable bonds is 2. The summed E-state index contributed by atoms with van der Waals surface area (Å²) in [6, 6.07) is 13.6. The van der Waals surface area contributed by atoms with Crippen molar-refractivity contribution in [3.63, 3.8) is 0 Å². The standard InChI is InChI=1S/C16H13BrFNO2/c1-16(20)14(11-3-2-4-13(18)9-11)15(19-21-16)10-5-7-12(17)8-6-10/h2-9,14,20H,1H3.